The number of para-hydroxylation sites is 2. The Hall–Kier alpha value is -4.17. The topological polar surface area (TPSA) is 77.8 Å². The molecule has 5 aromatic rings. The van der Waals surface area contributed by atoms with Gasteiger partial charge in [-0.1, -0.05) is 30.3 Å². The maximum atomic E-state index is 13.0. The second-order valence-electron chi connectivity index (χ2n) is 7.63. The Balaban J connectivity index is 1.31. The average molecular weight is 471 g/mol. The smallest absolute Gasteiger partial charge is 0.261 e. The van der Waals surface area contributed by atoms with Gasteiger partial charge in [-0.15, -0.1) is 11.3 Å². The summed E-state index contributed by atoms with van der Waals surface area (Å²) in [6, 6.07) is 18.8. The van der Waals surface area contributed by atoms with Crippen LogP contribution in [0.1, 0.15) is 21.6 Å². The highest BCUT2D eigenvalue weighted by Crippen LogP contribution is 2.32. The van der Waals surface area contributed by atoms with Crippen molar-refractivity contribution in [2.45, 2.75) is 13.5 Å². The van der Waals surface area contributed by atoms with Crippen LogP contribution < -0.4 is 14.8 Å². The van der Waals surface area contributed by atoms with Crippen LogP contribution in [0.3, 0.4) is 0 Å². The van der Waals surface area contributed by atoms with Gasteiger partial charge in [0.15, 0.2) is 5.13 Å². The van der Waals surface area contributed by atoms with E-state index < -0.39 is 0 Å². The maximum absolute atomic E-state index is 13.0. The van der Waals surface area contributed by atoms with Gasteiger partial charge in [0.25, 0.3) is 5.91 Å². The van der Waals surface area contributed by atoms with E-state index in [9.17, 15) is 4.79 Å². The number of imidazole rings is 1. The van der Waals surface area contributed by atoms with Gasteiger partial charge < -0.3 is 13.9 Å². The van der Waals surface area contributed by atoms with E-state index in [0.717, 1.165) is 33.9 Å². The summed E-state index contributed by atoms with van der Waals surface area (Å²) < 4.78 is 13.4. The summed E-state index contributed by atoms with van der Waals surface area (Å²) in [5.41, 5.74) is 4.80. The van der Waals surface area contributed by atoms with Gasteiger partial charge in [-0.3, -0.25) is 10.1 Å². The van der Waals surface area contributed by atoms with Crippen molar-refractivity contribution in [3.05, 3.63) is 95.3 Å². The number of carbonyl (C=O) groups excluding carboxylic acids is 1. The lowest BCUT2D eigenvalue weighted by Crippen LogP contribution is -2.13. The standard InChI is InChI=1S/C26H22N4O3S/c1-17-8-7-13-30-14-18(27-24(17)30)15-33-23-12-6-4-10-20(23)25(31)29-26-28-21(16-34-26)19-9-3-5-11-22(19)32-2/h3-14,16H,15H2,1-2H3,(H,28,29,31). The number of aryl methyl sites for hydroxylation is 1. The molecule has 1 amide bonds. The van der Waals surface area contributed by atoms with Crippen LogP contribution in [0.5, 0.6) is 11.5 Å². The fourth-order valence-corrected chi connectivity index (χ4v) is 4.39. The first-order valence-corrected chi connectivity index (χ1v) is 11.6. The summed E-state index contributed by atoms with van der Waals surface area (Å²) in [4.78, 5) is 22.2. The molecule has 7 nitrogen and oxygen atoms in total. The normalized spacial score (nSPS) is 10.9. The summed E-state index contributed by atoms with van der Waals surface area (Å²) >= 11 is 1.35. The van der Waals surface area contributed by atoms with Crippen molar-refractivity contribution in [1.29, 1.82) is 0 Å². The SMILES string of the molecule is COc1ccccc1-c1csc(NC(=O)c2ccccc2OCc2cn3cccc(C)c3n2)n1. The van der Waals surface area contributed by atoms with Crippen molar-refractivity contribution in [3.8, 4) is 22.8 Å². The molecule has 34 heavy (non-hydrogen) atoms. The van der Waals surface area contributed by atoms with E-state index in [0.29, 0.717) is 16.4 Å². The zero-order valence-electron chi connectivity index (χ0n) is 18.7. The third-order valence-electron chi connectivity index (χ3n) is 5.34. The van der Waals surface area contributed by atoms with E-state index in [4.69, 9.17) is 9.47 Å². The molecule has 0 aliphatic carbocycles. The number of nitrogens with zero attached hydrogens (tertiary/aromatic N) is 3. The third kappa shape index (κ3) is 4.35. The third-order valence-corrected chi connectivity index (χ3v) is 6.10. The first-order chi connectivity index (χ1) is 16.6. The van der Waals surface area contributed by atoms with Crippen molar-refractivity contribution < 1.29 is 14.3 Å². The van der Waals surface area contributed by atoms with Crippen molar-refractivity contribution in [1.82, 2.24) is 14.4 Å². The fourth-order valence-electron chi connectivity index (χ4n) is 3.68. The van der Waals surface area contributed by atoms with Gasteiger partial charge in [-0.25, -0.2) is 9.97 Å². The number of fused-ring (bicyclic) bond motifs is 1. The van der Waals surface area contributed by atoms with Crippen LogP contribution in [0, 0.1) is 6.92 Å². The van der Waals surface area contributed by atoms with Crippen molar-refractivity contribution in [2.24, 2.45) is 0 Å². The van der Waals surface area contributed by atoms with Crippen LogP contribution in [0.2, 0.25) is 0 Å². The molecule has 0 aliphatic rings. The molecule has 0 unspecified atom stereocenters. The lowest BCUT2D eigenvalue weighted by atomic mass is 10.1. The average Bonchev–Trinajstić information content (AvgIpc) is 3.50. The molecular weight excluding hydrogens is 448 g/mol. The number of aromatic nitrogens is 3. The summed E-state index contributed by atoms with van der Waals surface area (Å²) in [7, 11) is 1.62. The molecule has 1 N–H and O–H groups in total. The van der Waals surface area contributed by atoms with Crippen LogP contribution >= 0.6 is 11.3 Å². The lowest BCUT2D eigenvalue weighted by Gasteiger charge is -2.10. The number of nitrogens with one attached hydrogen (secondary N) is 1. The summed E-state index contributed by atoms with van der Waals surface area (Å²) in [6.07, 6.45) is 3.88. The van der Waals surface area contributed by atoms with E-state index in [1.54, 1.807) is 25.3 Å². The molecule has 0 fully saturated rings. The maximum Gasteiger partial charge on any atom is 0.261 e. The second-order valence-corrected chi connectivity index (χ2v) is 8.49. The predicted molar refractivity (Wildman–Crippen MR) is 133 cm³/mol. The van der Waals surface area contributed by atoms with Crippen molar-refractivity contribution in [2.75, 3.05) is 12.4 Å². The van der Waals surface area contributed by atoms with Crippen molar-refractivity contribution in [3.63, 3.8) is 0 Å². The highest BCUT2D eigenvalue weighted by Gasteiger charge is 2.16. The number of amides is 1. The van der Waals surface area contributed by atoms with E-state index in [1.807, 2.05) is 71.6 Å². The van der Waals surface area contributed by atoms with Crippen LogP contribution in [0.4, 0.5) is 5.13 Å². The predicted octanol–water partition coefficient (Wildman–Crippen LogP) is 5.61. The Labute approximate surface area is 200 Å². The van der Waals surface area contributed by atoms with Gasteiger partial charge in [0, 0.05) is 23.3 Å². The monoisotopic (exact) mass is 470 g/mol. The van der Waals surface area contributed by atoms with Gasteiger partial charge in [0.2, 0.25) is 0 Å². The number of pyridine rings is 1. The molecule has 0 radical (unpaired) electrons. The minimum absolute atomic E-state index is 0.251. The molecule has 0 saturated heterocycles. The zero-order valence-corrected chi connectivity index (χ0v) is 19.5. The number of carbonyl (C=O) groups is 1. The van der Waals surface area contributed by atoms with Gasteiger partial charge in [0.05, 0.1) is 24.1 Å². The first-order valence-electron chi connectivity index (χ1n) is 10.7. The van der Waals surface area contributed by atoms with Crippen LogP contribution in [-0.2, 0) is 6.61 Å². The highest BCUT2D eigenvalue weighted by atomic mass is 32.1. The Morgan fingerprint density at radius 3 is 2.65 bits per heavy atom. The van der Waals surface area contributed by atoms with Crippen molar-refractivity contribution >= 4 is 28.0 Å². The van der Waals surface area contributed by atoms with Crippen LogP contribution in [-0.4, -0.2) is 27.4 Å². The van der Waals surface area contributed by atoms with Gasteiger partial charge in [-0.2, -0.15) is 0 Å². The van der Waals surface area contributed by atoms with E-state index >= 15 is 0 Å². The summed E-state index contributed by atoms with van der Waals surface area (Å²) in [6.45, 7) is 2.27. The zero-order chi connectivity index (χ0) is 23.5. The minimum atomic E-state index is -0.289. The molecule has 170 valence electrons. The van der Waals surface area contributed by atoms with E-state index in [1.165, 1.54) is 11.3 Å². The molecule has 5 rings (SSSR count). The number of benzene rings is 2. The number of anilines is 1. The highest BCUT2D eigenvalue weighted by molar-refractivity contribution is 7.14. The Bertz CT molecular complexity index is 1470. The number of thiazole rings is 1. The van der Waals surface area contributed by atoms with E-state index in [2.05, 4.69) is 15.3 Å². The van der Waals surface area contributed by atoms with Crippen LogP contribution in [0.25, 0.3) is 16.9 Å². The molecule has 0 saturated carbocycles. The molecule has 0 aliphatic heterocycles. The van der Waals surface area contributed by atoms with Gasteiger partial charge in [-0.05, 0) is 42.8 Å². The quantitative estimate of drug-likeness (QED) is 0.335. The first kappa shape index (κ1) is 21.7. The Morgan fingerprint density at radius 1 is 1.03 bits per heavy atom. The van der Waals surface area contributed by atoms with Crippen LogP contribution in [0.15, 0.2) is 78.4 Å². The Morgan fingerprint density at radius 2 is 1.82 bits per heavy atom. The lowest BCUT2D eigenvalue weighted by molar-refractivity contribution is 0.102. The molecular formula is C26H22N4O3S. The molecule has 0 atom stereocenters. The number of hydrogen-bond acceptors (Lipinski definition) is 6. The second kappa shape index (κ2) is 9.36. The Kier molecular flexibility index (Phi) is 5.97. The molecule has 0 bridgehead atoms. The summed E-state index contributed by atoms with van der Waals surface area (Å²) in [5.74, 6) is 0.921. The number of hydrogen-bond donors (Lipinski definition) is 1. The van der Waals surface area contributed by atoms with E-state index in [-0.39, 0.29) is 12.5 Å². The summed E-state index contributed by atoms with van der Waals surface area (Å²) in [5, 5.41) is 5.27. The molecule has 3 heterocycles. The fraction of sp³-hybridized carbons (Fsp3) is 0.115. The molecule has 8 heteroatoms. The largest absolute Gasteiger partial charge is 0.496 e. The number of ether oxygens (including phenoxy) is 2. The molecule has 0 spiro atoms. The molecule has 3 aromatic heterocycles. The number of rotatable bonds is 7. The van der Waals surface area contributed by atoms with Gasteiger partial charge in [0.1, 0.15) is 23.8 Å². The minimum Gasteiger partial charge on any atom is -0.496 e. The number of methoxy groups -OCH3 is 1. The van der Waals surface area contributed by atoms with Gasteiger partial charge >= 0.3 is 0 Å². The molecule has 2 aromatic carbocycles.